The summed E-state index contributed by atoms with van der Waals surface area (Å²) >= 11 is 1.66. The number of fused-ring (bicyclic) bond motifs is 1. The highest BCUT2D eigenvalue weighted by atomic mass is 32.2. The van der Waals surface area contributed by atoms with Crippen LogP contribution in [0.4, 0.5) is 0 Å². The van der Waals surface area contributed by atoms with Gasteiger partial charge in [-0.2, -0.15) is 9.78 Å². The smallest absolute Gasteiger partial charge is 0.282 e. The van der Waals surface area contributed by atoms with E-state index in [1.165, 1.54) is 4.68 Å². The minimum Gasteiger partial charge on any atom is -0.494 e. The Morgan fingerprint density at radius 3 is 2.46 bits per heavy atom. The summed E-state index contributed by atoms with van der Waals surface area (Å²) in [4.78, 5) is 20.9. The highest BCUT2D eigenvalue weighted by Gasteiger charge is 2.18. The summed E-state index contributed by atoms with van der Waals surface area (Å²) in [6.07, 6.45) is 1.75. The number of para-hydroxylation sites is 1. The van der Waals surface area contributed by atoms with E-state index in [-0.39, 0.29) is 11.5 Å². The Morgan fingerprint density at radius 1 is 0.974 bits per heavy atom. The van der Waals surface area contributed by atoms with E-state index in [2.05, 4.69) is 38.1 Å². The molecule has 0 amide bonds. The molecule has 0 radical (unpaired) electrons. The second-order valence-electron chi connectivity index (χ2n) is 9.56. The van der Waals surface area contributed by atoms with Gasteiger partial charge in [-0.1, -0.05) is 74.1 Å². The zero-order valence-electron chi connectivity index (χ0n) is 22.6. The van der Waals surface area contributed by atoms with Gasteiger partial charge in [0.25, 0.3) is 5.56 Å². The molecule has 5 aromatic rings. The summed E-state index contributed by atoms with van der Waals surface area (Å²) in [5.74, 6) is 1.60. The van der Waals surface area contributed by atoms with Crippen LogP contribution in [-0.4, -0.2) is 22.5 Å². The van der Waals surface area contributed by atoms with Crippen molar-refractivity contribution >= 4 is 28.9 Å². The summed E-state index contributed by atoms with van der Waals surface area (Å²) in [5, 5.41) is 5.28. The van der Waals surface area contributed by atoms with Gasteiger partial charge in [0.15, 0.2) is 5.82 Å². The number of benzene rings is 4. The van der Waals surface area contributed by atoms with Crippen LogP contribution in [-0.2, 0) is 0 Å². The van der Waals surface area contributed by atoms with Crippen LogP contribution < -0.4 is 10.3 Å². The van der Waals surface area contributed by atoms with Gasteiger partial charge in [-0.15, -0.1) is 0 Å². The van der Waals surface area contributed by atoms with Crippen molar-refractivity contribution in [2.75, 3.05) is 6.61 Å². The molecule has 0 saturated carbocycles. The van der Waals surface area contributed by atoms with Crippen molar-refractivity contribution in [3.05, 3.63) is 118 Å². The van der Waals surface area contributed by atoms with Gasteiger partial charge in [0, 0.05) is 20.9 Å². The van der Waals surface area contributed by atoms with Crippen molar-refractivity contribution in [3.63, 3.8) is 0 Å². The van der Waals surface area contributed by atoms with Crippen molar-refractivity contribution in [2.24, 2.45) is 5.10 Å². The van der Waals surface area contributed by atoms with Gasteiger partial charge in [-0.05, 0) is 73.4 Å². The van der Waals surface area contributed by atoms with E-state index in [1.54, 1.807) is 24.0 Å². The van der Waals surface area contributed by atoms with Crippen molar-refractivity contribution < 1.29 is 4.74 Å². The number of rotatable bonds is 8. The van der Waals surface area contributed by atoms with E-state index in [4.69, 9.17) is 14.8 Å². The maximum absolute atomic E-state index is 13.8. The summed E-state index contributed by atoms with van der Waals surface area (Å²) in [7, 11) is 0. The lowest BCUT2D eigenvalue weighted by molar-refractivity contribution is 0.335. The van der Waals surface area contributed by atoms with E-state index >= 15 is 0 Å². The topological polar surface area (TPSA) is 56.5 Å². The van der Waals surface area contributed by atoms with Crippen molar-refractivity contribution in [1.29, 1.82) is 0 Å². The van der Waals surface area contributed by atoms with Crippen LogP contribution in [0.1, 0.15) is 43.4 Å². The largest absolute Gasteiger partial charge is 0.494 e. The molecule has 0 spiro atoms. The minimum absolute atomic E-state index is 0.209. The fraction of sp³-hybridized carbons (Fsp3) is 0.182. The molecule has 0 aliphatic heterocycles. The lowest BCUT2D eigenvalue weighted by Gasteiger charge is -2.18. The molecule has 0 N–H and O–H groups in total. The molecule has 0 saturated heterocycles. The van der Waals surface area contributed by atoms with Crippen LogP contribution in [0, 0.1) is 6.92 Å². The van der Waals surface area contributed by atoms with Crippen LogP contribution in [0.3, 0.4) is 0 Å². The second kappa shape index (κ2) is 11.7. The third-order valence-electron chi connectivity index (χ3n) is 6.48. The van der Waals surface area contributed by atoms with Gasteiger partial charge in [0.2, 0.25) is 0 Å². The van der Waals surface area contributed by atoms with Gasteiger partial charge in [0.05, 0.1) is 23.7 Å². The lowest BCUT2D eigenvalue weighted by Crippen LogP contribution is -2.21. The molecule has 5 nitrogen and oxygen atoms in total. The summed E-state index contributed by atoms with van der Waals surface area (Å²) in [5.41, 5.74) is 4.24. The van der Waals surface area contributed by atoms with Gasteiger partial charge < -0.3 is 4.74 Å². The Kier molecular flexibility index (Phi) is 7.94. The first-order chi connectivity index (χ1) is 19.0. The van der Waals surface area contributed by atoms with Crippen molar-refractivity contribution in [1.82, 2.24) is 9.66 Å². The third-order valence-corrected chi connectivity index (χ3v) is 7.58. The Morgan fingerprint density at radius 2 is 1.69 bits per heavy atom. The van der Waals surface area contributed by atoms with Crippen LogP contribution in [0.2, 0.25) is 0 Å². The maximum Gasteiger partial charge on any atom is 0.282 e. The number of nitrogens with zero attached hydrogens (tertiary/aromatic N) is 3. The molecule has 0 atom stereocenters. The number of hydrogen-bond donors (Lipinski definition) is 0. The predicted molar refractivity (Wildman–Crippen MR) is 161 cm³/mol. The molecular formula is C33H31N3O2S. The van der Waals surface area contributed by atoms with Gasteiger partial charge in [-0.25, -0.2) is 4.98 Å². The van der Waals surface area contributed by atoms with Gasteiger partial charge >= 0.3 is 0 Å². The van der Waals surface area contributed by atoms with Crippen LogP contribution in [0.15, 0.2) is 111 Å². The first-order valence-electron chi connectivity index (χ1n) is 13.1. The molecule has 196 valence electrons. The average molecular weight is 534 g/mol. The number of hydrogen-bond acceptors (Lipinski definition) is 5. The van der Waals surface area contributed by atoms with E-state index in [0.717, 1.165) is 37.8 Å². The zero-order chi connectivity index (χ0) is 27.4. The normalized spacial score (nSPS) is 11.5. The second-order valence-corrected chi connectivity index (χ2v) is 10.7. The molecule has 0 aliphatic carbocycles. The highest BCUT2D eigenvalue weighted by Crippen LogP contribution is 2.34. The number of aryl methyl sites for hydroxylation is 1. The first-order valence-corrected chi connectivity index (χ1v) is 13.9. The van der Waals surface area contributed by atoms with Crippen LogP contribution >= 0.6 is 11.8 Å². The molecule has 5 rings (SSSR count). The Bertz CT molecular complexity index is 1710. The van der Waals surface area contributed by atoms with E-state index < -0.39 is 0 Å². The molecule has 0 aliphatic rings. The zero-order valence-corrected chi connectivity index (χ0v) is 23.4. The fourth-order valence-corrected chi connectivity index (χ4v) is 5.42. The standard InChI is InChI=1S/C33H31N3O2S/c1-5-38-30-19-23(4)28(20-27(30)22(2)3)32-35-29-17-11-10-16-26(29)33(37)36(32)34-21-24-13-9-12-18-31(24)39-25-14-7-6-8-15-25/h6-22H,5H2,1-4H3. The Labute approximate surface area is 233 Å². The molecule has 1 aromatic heterocycles. The molecule has 6 heteroatoms. The molecule has 1 heterocycles. The third kappa shape index (κ3) is 5.66. The molecule has 0 bridgehead atoms. The van der Waals surface area contributed by atoms with E-state index in [9.17, 15) is 4.79 Å². The quantitative estimate of drug-likeness (QED) is 0.190. The van der Waals surface area contributed by atoms with Crippen LogP contribution in [0.25, 0.3) is 22.3 Å². The minimum atomic E-state index is -0.209. The molecule has 0 unspecified atom stereocenters. The number of ether oxygens (including phenoxy) is 1. The lowest BCUT2D eigenvalue weighted by atomic mass is 9.96. The monoisotopic (exact) mass is 533 g/mol. The predicted octanol–water partition coefficient (Wildman–Crippen LogP) is 7.93. The van der Waals surface area contributed by atoms with Crippen LogP contribution in [0.5, 0.6) is 5.75 Å². The summed E-state index contributed by atoms with van der Waals surface area (Å²) in [6, 6.07) is 29.8. The summed E-state index contributed by atoms with van der Waals surface area (Å²) < 4.78 is 7.37. The first kappa shape index (κ1) is 26.4. The van der Waals surface area contributed by atoms with Gasteiger partial charge in [-0.3, -0.25) is 4.79 Å². The highest BCUT2D eigenvalue weighted by molar-refractivity contribution is 7.99. The molecule has 0 fully saturated rings. The maximum atomic E-state index is 13.8. The SMILES string of the molecule is CCOc1cc(C)c(-c2nc3ccccc3c(=O)n2N=Cc2ccccc2Sc2ccccc2)cc1C(C)C. The molecular weight excluding hydrogens is 502 g/mol. The summed E-state index contributed by atoms with van der Waals surface area (Å²) in [6.45, 7) is 8.86. The van der Waals surface area contributed by atoms with Crippen molar-refractivity contribution in [3.8, 4) is 17.1 Å². The fourth-order valence-electron chi connectivity index (χ4n) is 4.49. The number of aromatic nitrogens is 2. The molecule has 39 heavy (non-hydrogen) atoms. The van der Waals surface area contributed by atoms with Crippen molar-refractivity contribution in [2.45, 2.75) is 43.4 Å². The van der Waals surface area contributed by atoms with E-state index in [0.29, 0.717) is 23.3 Å². The Balaban J connectivity index is 1.68. The molecule has 4 aromatic carbocycles. The van der Waals surface area contributed by atoms with E-state index in [1.807, 2.05) is 74.5 Å². The van der Waals surface area contributed by atoms with Gasteiger partial charge in [0.1, 0.15) is 5.75 Å². The average Bonchev–Trinajstić information content (AvgIpc) is 2.94. The Hall–Kier alpha value is -4.16.